The van der Waals surface area contributed by atoms with Crippen molar-refractivity contribution in [3.05, 3.63) is 35.9 Å². The summed E-state index contributed by atoms with van der Waals surface area (Å²) in [6.45, 7) is 1.34. The van der Waals surface area contributed by atoms with Crippen molar-refractivity contribution in [2.24, 2.45) is 5.10 Å². The molecule has 2 amide bonds. The van der Waals surface area contributed by atoms with Crippen LogP contribution >= 0.6 is 0 Å². The molecular formula is C13H15N3O4. The average molecular weight is 277 g/mol. The van der Waals surface area contributed by atoms with Gasteiger partial charge in [-0.1, -0.05) is 30.3 Å². The van der Waals surface area contributed by atoms with Gasteiger partial charge in [0.25, 0.3) is 5.91 Å². The van der Waals surface area contributed by atoms with Crippen molar-refractivity contribution in [1.82, 2.24) is 10.1 Å². The maximum Gasteiger partial charge on any atom is 0.432 e. The van der Waals surface area contributed by atoms with E-state index in [2.05, 4.69) is 5.10 Å². The minimum atomic E-state index is -1.70. The Morgan fingerprint density at radius 3 is 2.55 bits per heavy atom. The maximum absolute atomic E-state index is 12.1. The van der Waals surface area contributed by atoms with E-state index in [4.69, 9.17) is 5.11 Å². The molecule has 0 aromatic heterocycles. The van der Waals surface area contributed by atoms with Crippen LogP contribution in [0.5, 0.6) is 0 Å². The van der Waals surface area contributed by atoms with Crippen LogP contribution in [-0.4, -0.2) is 50.7 Å². The second kappa shape index (κ2) is 4.93. The highest BCUT2D eigenvalue weighted by Crippen LogP contribution is 2.27. The second-order valence-corrected chi connectivity index (χ2v) is 4.70. The lowest BCUT2D eigenvalue weighted by molar-refractivity contribution is -0.156. The first-order chi connectivity index (χ1) is 9.37. The number of amides is 2. The topological polar surface area (TPSA) is 93.4 Å². The summed E-state index contributed by atoms with van der Waals surface area (Å²) >= 11 is 0. The fourth-order valence-corrected chi connectivity index (χ4v) is 2.16. The molecule has 1 unspecified atom stereocenters. The van der Waals surface area contributed by atoms with Crippen LogP contribution in [0, 0.1) is 0 Å². The first kappa shape index (κ1) is 14.0. The predicted molar refractivity (Wildman–Crippen MR) is 70.4 cm³/mol. The minimum absolute atomic E-state index is 0.0145. The molecule has 2 rings (SSSR count). The van der Waals surface area contributed by atoms with E-state index in [1.807, 2.05) is 30.3 Å². The monoisotopic (exact) mass is 277 g/mol. The van der Waals surface area contributed by atoms with Crippen LogP contribution in [-0.2, 0) is 11.2 Å². The van der Waals surface area contributed by atoms with Crippen LogP contribution in [0.2, 0.25) is 0 Å². The third-order valence-corrected chi connectivity index (χ3v) is 3.36. The molecule has 7 heteroatoms. The van der Waals surface area contributed by atoms with Crippen LogP contribution < -0.4 is 0 Å². The van der Waals surface area contributed by atoms with Gasteiger partial charge < -0.3 is 5.11 Å². The molecular weight excluding hydrogens is 262 g/mol. The van der Waals surface area contributed by atoms with Crippen molar-refractivity contribution in [2.75, 3.05) is 7.05 Å². The zero-order valence-electron chi connectivity index (χ0n) is 11.1. The Kier molecular flexibility index (Phi) is 3.46. The number of hydrogen-bond donors (Lipinski definition) is 2. The molecule has 0 spiro atoms. The van der Waals surface area contributed by atoms with Gasteiger partial charge in [0.05, 0.1) is 5.71 Å². The molecule has 1 aliphatic rings. The summed E-state index contributed by atoms with van der Waals surface area (Å²) in [6, 6.07) is 9.21. The summed E-state index contributed by atoms with van der Waals surface area (Å²) in [6.07, 6.45) is -1.32. The van der Waals surface area contributed by atoms with Crippen molar-refractivity contribution in [3.63, 3.8) is 0 Å². The molecule has 0 bridgehead atoms. The second-order valence-electron chi connectivity index (χ2n) is 4.70. The Balaban J connectivity index is 2.37. The first-order valence-electron chi connectivity index (χ1n) is 5.99. The van der Waals surface area contributed by atoms with Crippen LogP contribution in [0.1, 0.15) is 12.5 Å². The molecule has 0 saturated heterocycles. The highest BCUT2D eigenvalue weighted by molar-refractivity contribution is 6.17. The molecule has 0 aliphatic carbocycles. The molecule has 20 heavy (non-hydrogen) atoms. The van der Waals surface area contributed by atoms with Gasteiger partial charge in [-0.2, -0.15) is 10.2 Å². The van der Waals surface area contributed by atoms with Crippen LogP contribution in [0.15, 0.2) is 35.4 Å². The van der Waals surface area contributed by atoms with Gasteiger partial charge in [0.15, 0.2) is 5.54 Å². The van der Waals surface area contributed by atoms with Gasteiger partial charge in [0.2, 0.25) is 0 Å². The van der Waals surface area contributed by atoms with Crippen LogP contribution in [0.3, 0.4) is 0 Å². The lowest BCUT2D eigenvalue weighted by Crippen LogP contribution is -2.58. The summed E-state index contributed by atoms with van der Waals surface area (Å²) in [5.74, 6) is -0.590. The van der Waals surface area contributed by atoms with Crippen LogP contribution in [0.4, 0.5) is 4.79 Å². The predicted octanol–water partition coefficient (Wildman–Crippen LogP) is 1.18. The van der Waals surface area contributed by atoms with Gasteiger partial charge in [-0.25, -0.2) is 9.80 Å². The Labute approximate surface area is 115 Å². The van der Waals surface area contributed by atoms with E-state index >= 15 is 0 Å². The summed E-state index contributed by atoms with van der Waals surface area (Å²) in [7, 11) is 1.42. The molecule has 1 atom stereocenters. The molecule has 1 aromatic carbocycles. The standard InChI is InChI=1S/C13H15N3O4/c1-13(16(20)12(18)19)10(14-15(2)11(13)17)8-9-6-4-3-5-7-9/h3-7,20H,8H2,1-2H3,(H,18,19). The molecule has 2 N–H and O–H groups in total. The molecule has 0 radical (unpaired) electrons. The number of rotatable bonds is 3. The van der Waals surface area contributed by atoms with Gasteiger partial charge >= 0.3 is 6.09 Å². The summed E-state index contributed by atoms with van der Waals surface area (Å²) in [5, 5.41) is 23.8. The summed E-state index contributed by atoms with van der Waals surface area (Å²) in [5.41, 5.74) is -0.545. The number of carbonyl (C=O) groups is 2. The number of likely N-dealkylation sites (N-methyl/N-ethyl adjacent to an activating group) is 1. The van der Waals surface area contributed by atoms with Crippen molar-refractivity contribution in [3.8, 4) is 0 Å². The number of hydrazone groups is 1. The van der Waals surface area contributed by atoms with Gasteiger partial charge in [0.1, 0.15) is 0 Å². The molecule has 0 fully saturated rings. The smallest absolute Gasteiger partial charge is 0.432 e. The van der Waals surface area contributed by atoms with E-state index in [0.29, 0.717) is 0 Å². The normalized spacial score (nSPS) is 21.9. The molecule has 1 heterocycles. The third kappa shape index (κ3) is 2.12. The largest absolute Gasteiger partial charge is 0.463 e. The SMILES string of the molecule is CN1N=C(Cc2ccccc2)C(C)(N(O)C(=O)O)C1=O. The Morgan fingerprint density at radius 1 is 1.40 bits per heavy atom. The number of carbonyl (C=O) groups excluding carboxylic acids is 1. The van der Waals surface area contributed by atoms with Gasteiger partial charge in [-0.3, -0.25) is 10.0 Å². The fourth-order valence-electron chi connectivity index (χ4n) is 2.16. The van der Waals surface area contributed by atoms with E-state index < -0.39 is 17.5 Å². The molecule has 1 aliphatic heterocycles. The van der Waals surface area contributed by atoms with Gasteiger partial charge in [-0.15, -0.1) is 0 Å². The highest BCUT2D eigenvalue weighted by Gasteiger charge is 2.52. The zero-order chi connectivity index (χ0) is 14.9. The molecule has 106 valence electrons. The van der Waals surface area contributed by atoms with E-state index in [1.54, 1.807) is 0 Å². The van der Waals surface area contributed by atoms with E-state index in [9.17, 15) is 14.8 Å². The summed E-state index contributed by atoms with van der Waals surface area (Å²) in [4.78, 5) is 23.1. The van der Waals surface area contributed by atoms with Gasteiger partial charge in [-0.05, 0) is 12.5 Å². The lowest BCUT2D eigenvalue weighted by atomic mass is 9.90. The van der Waals surface area contributed by atoms with E-state index in [-0.39, 0.29) is 17.2 Å². The lowest BCUT2D eigenvalue weighted by Gasteiger charge is -2.29. The third-order valence-electron chi connectivity index (χ3n) is 3.36. The van der Waals surface area contributed by atoms with Crippen molar-refractivity contribution >= 4 is 17.7 Å². The molecule has 7 nitrogen and oxygen atoms in total. The number of carboxylic acid groups (broad SMARTS) is 1. The summed E-state index contributed by atoms with van der Waals surface area (Å²) < 4.78 is 0. The first-order valence-corrected chi connectivity index (χ1v) is 5.99. The Hall–Kier alpha value is -2.41. The van der Waals surface area contributed by atoms with Crippen molar-refractivity contribution < 1.29 is 19.9 Å². The number of hydroxylamine groups is 2. The van der Waals surface area contributed by atoms with Crippen molar-refractivity contribution in [1.29, 1.82) is 0 Å². The van der Waals surface area contributed by atoms with E-state index in [1.165, 1.54) is 14.0 Å². The highest BCUT2D eigenvalue weighted by atomic mass is 16.6. The number of hydrogen-bond acceptors (Lipinski definition) is 4. The minimum Gasteiger partial charge on any atom is -0.463 e. The van der Waals surface area contributed by atoms with E-state index in [0.717, 1.165) is 10.6 Å². The Bertz CT molecular complexity index is 572. The fraction of sp³-hybridized carbons (Fsp3) is 0.308. The zero-order valence-corrected chi connectivity index (χ0v) is 11.1. The maximum atomic E-state index is 12.1. The molecule has 0 saturated carbocycles. The van der Waals surface area contributed by atoms with Crippen molar-refractivity contribution in [2.45, 2.75) is 18.9 Å². The quantitative estimate of drug-likeness (QED) is 0.641. The molecule has 1 aromatic rings. The average Bonchev–Trinajstić information content (AvgIpc) is 2.64. The Morgan fingerprint density at radius 2 is 2.00 bits per heavy atom. The van der Waals surface area contributed by atoms with Crippen LogP contribution in [0.25, 0.3) is 0 Å². The number of benzene rings is 1. The van der Waals surface area contributed by atoms with Gasteiger partial charge in [0, 0.05) is 13.5 Å². The number of nitrogens with zero attached hydrogens (tertiary/aromatic N) is 3.